The zero-order valence-electron chi connectivity index (χ0n) is 29.3. The maximum atomic E-state index is 13.1. The summed E-state index contributed by atoms with van der Waals surface area (Å²) in [5, 5.41) is 11.7. The van der Waals surface area contributed by atoms with Crippen molar-refractivity contribution in [2.24, 2.45) is 5.41 Å². The number of ether oxygens (including phenoxy) is 6. The second-order valence-electron chi connectivity index (χ2n) is 10.1. The van der Waals surface area contributed by atoms with Crippen molar-refractivity contribution in [1.29, 1.82) is 0 Å². The summed E-state index contributed by atoms with van der Waals surface area (Å²) in [5.41, 5.74) is -5.29. The second-order valence-corrected chi connectivity index (χ2v) is 10.1. The van der Waals surface area contributed by atoms with Gasteiger partial charge in [0.05, 0.1) is 2.74 Å². The highest BCUT2D eigenvalue weighted by atomic mass is 16.7. The first-order valence-corrected chi connectivity index (χ1v) is 12.8. The Kier molecular flexibility index (Phi) is 8.93. The van der Waals surface area contributed by atoms with Gasteiger partial charge in [-0.1, -0.05) is 19.8 Å². The van der Waals surface area contributed by atoms with Crippen molar-refractivity contribution in [2.45, 2.75) is 98.0 Å². The van der Waals surface area contributed by atoms with E-state index in [2.05, 4.69) is 0 Å². The van der Waals surface area contributed by atoms with Gasteiger partial charge < -0.3 is 33.5 Å². The predicted molar refractivity (Wildman–Crippen MR) is 143 cm³/mol. The molecule has 1 fully saturated rings. The number of carbonyl (C=O) groups excluding carboxylic acids is 6. The normalized spacial score (nSPS) is 34.0. The molecule has 0 aromatic carbocycles. The first-order valence-electron chi connectivity index (χ1n) is 15.3. The number of hydrogen-bond acceptors (Lipinski definition) is 13. The summed E-state index contributed by atoms with van der Waals surface area (Å²) < 4.78 is 73.0. The van der Waals surface area contributed by atoms with Crippen LogP contribution in [0.3, 0.4) is 0 Å². The summed E-state index contributed by atoms with van der Waals surface area (Å²) in [6, 6.07) is -1.69. The molecule has 2 aliphatic rings. The molecule has 0 aromatic heterocycles. The average Bonchev–Trinajstić information content (AvgIpc) is 2.91. The highest BCUT2D eigenvalue weighted by molar-refractivity contribution is 5.92. The molecule has 1 unspecified atom stereocenters. The summed E-state index contributed by atoms with van der Waals surface area (Å²) in [6.07, 6.45) is -7.10. The Morgan fingerprint density at radius 1 is 1.00 bits per heavy atom. The summed E-state index contributed by atoms with van der Waals surface area (Å²) in [6.45, 7) is 4.10. The molecule has 0 spiro atoms. The van der Waals surface area contributed by atoms with Crippen LogP contribution >= 0.6 is 0 Å². The van der Waals surface area contributed by atoms with Gasteiger partial charge in [0.2, 0.25) is 12.4 Å². The number of aliphatic hydroxyl groups is 1. The van der Waals surface area contributed by atoms with E-state index in [4.69, 9.17) is 35.3 Å². The number of esters is 5. The Bertz CT molecular complexity index is 1400. The summed E-state index contributed by atoms with van der Waals surface area (Å²) in [5.74, 6) is -5.36. The maximum Gasteiger partial charge on any atom is 0.333 e. The van der Waals surface area contributed by atoms with Gasteiger partial charge in [0.15, 0.2) is 18.0 Å². The Labute approximate surface area is 250 Å². The Hall–Kier alpha value is -3.84. The van der Waals surface area contributed by atoms with E-state index in [0.717, 1.165) is 40.7 Å². The molecule has 13 nitrogen and oxygen atoms in total. The number of ketones is 1. The van der Waals surface area contributed by atoms with Crippen molar-refractivity contribution >= 4 is 35.6 Å². The molecule has 7 atom stereocenters. The minimum absolute atomic E-state index is 0.185. The molecular weight excluding hydrogens is 556 g/mol. The maximum absolute atomic E-state index is 13.1. The van der Waals surface area contributed by atoms with Crippen LogP contribution < -0.4 is 0 Å². The van der Waals surface area contributed by atoms with Crippen molar-refractivity contribution in [3.8, 4) is 0 Å². The lowest BCUT2D eigenvalue weighted by atomic mass is 9.64. The van der Waals surface area contributed by atoms with Gasteiger partial charge in [-0.2, -0.15) is 0 Å². The number of carbonyl (C=O) groups is 6. The topological polar surface area (TPSA) is 178 Å². The fraction of sp³-hybridized carbons (Fsp3) is 0.586. The fourth-order valence-corrected chi connectivity index (χ4v) is 4.38. The first kappa shape index (κ1) is 27.0. The Morgan fingerprint density at radius 3 is 2.12 bits per heavy atom. The van der Waals surface area contributed by atoms with Crippen molar-refractivity contribution in [1.82, 2.24) is 0 Å². The highest BCUT2D eigenvalue weighted by Gasteiger charge is 2.53. The molecular formula is C29H38O13. The van der Waals surface area contributed by atoms with Crippen molar-refractivity contribution in [3.63, 3.8) is 0 Å². The smallest absolute Gasteiger partial charge is 0.333 e. The zero-order chi connectivity index (χ0) is 36.2. The SMILES string of the molecule is [2H]C(/C(C)=C\C(=O)O[C@@H]1O[C@H](COC(C)=O)[C@@H](OC(C)=O)[C@H](OC(C)=O)[C@H]1OC(C)=O)=C(/[2H])[C@@]1(O)C(C)=CC(=O)CC1(C)C([2H])([2H])[2H]. The zero-order valence-corrected chi connectivity index (χ0v) is 24.3. The standard InChI is InChI=1S/C29H38O13/c1-15(9-10-29(36)16(2)12-21(34)13-28(29,7)8)11-23(35)42-27-26(40-20(6)33)25(39-19(5)32)24(38-18(4)31)22(41-27)14-37-17(3)30/h9-12,22,24-27,36H,13-14H2,1-8H3/b10-9+,15-11-/t22-,24-,25+,26-,27+,29-/m1/s1/i7D3,9D,10D/t22-,24-,25+,26-,27+,28?,29-. The van der Waals surface area contributed by atoms with E-state index >= 15 is 0 Å². The van der Waals surface area contributed by atoms with Crippen LogP contribution in [0.25, 0.3) is 0 Å². The lowest BCUT2D eigenvalue weighted by Crippen LogP contribution is -2.63. The third-order valence-electron chi connectivity index (χ3n) is 6.23. The van der Waals surface area contributed by atoms with E-state index < -0.39 is 109 Å². The van der Waals surface area contributed by atoms with E-state index in [1.165, 1.54) is 13.8 Å². The number of hydrogen-bond donors (Lipinski definition) is 1. The first-order chi connectivity index (χ1) is 21.5. The number of rotatable bonds is 9. The second kappa shape index (κ2) is 13.9. The minimum Gasteiger partial charge on any atom is -0.463 e. The van der Waals surface area contributed by atoms with Crippen LogP contribution in [0.5, 0.6) is 0 Å². The van der Waals surface area contributed by atoms with Gasteiger partial charge in [-0.25, -0.2) is 4.79 Å². The summed E-state index contributed by atoms with van der Waals surface area (Å²) >= 11 is 0. The molecule has 13 heteroatoms. The highest BCUT2D eigenvalue weighted by Crippen LogP contribution is 2.44. The molecule has 1 N–H and O–H groups in total. The molecule has 0 aromatic rings. The minimum atomic E-state index is -2.95. The van der Waals surface area contributed by atoms with Crippen molar-refractivity contribution in [3.05, 3.63) is 35.4 Å². The van der Waals surface area contributed by atoms with Crippen LogP contribution in [-0.4, -0.2) is 83.7 Å². The van der Waals surface area contributed by atoms with Crippen LogP contribution in [0.2, 0.25) is 0 Å². The molecule has 1 saturated heterocycles. The average molecular weight is 600 g/mol. The van der Waals surface area contributed by atoms with Gasteiger partial charge in [-0.3, -0.25) is 24.0 Å². The van der Waals surface area contributed by atoms with Gasteiger partial charge >= 0.3 is 29.8 Å². The van der Waals surface area contributed by atoms with Gasteiger partial charge in [0.25, 0.3) is 0 Å². The summed E-state index contributed by atoms with van der Waals surface area (Å²) in [4.78, 5) is 72.8. The lowest BCUT2D eigenvalue weighted by Gasteiger charge is -2.44. The molecule has 1 aliphatic heterocycles. The molecule has 232 valence electrons. The van der Waals surface area contributed by atoms with E-state index in [0.29, 0.717) is 6.08 Å². The summed E-state index contributed by atoms with van der Waals surface area (Å²) in [7, 11) is 0. The van der Waals surface area contributed by atoms with Crippen LogP contribution in [0, 0.1) is 5.41 Å². The molecule has 0 radical (unpaired) electrons. The van der Waals surface area contributed by atoms with Crippen LogP contribution in [-0.2, 0) is 57.2 Å². The molecule has 0 saturated carbocycles. The van der Waals surface area contributed by atoms with Crippen LogP contribution in [0.15, 0.2) is 35.4 Å². The lowest BCUT2D eigenvalue weighted by molar-refractivity contribution is -0.299. The molecule has 0 amide bonds. The monoisotopic (exact) mass is 599 g/mol. The quantitative estimate of drug-likeness (QED) is 0.176. The Balaban J connectivity index is 2.57. The molecule has 2 rings (SSSR count). The fourth-order valence-electron chi connectivity index (χ4n) is 4.38. The molecule has 1 aliphatic carbocycles. The van der Waals surface area contributed by atoms with Crippen LogP contribution in [0.4, 0.5) is 0 Å². The van der Waals surface area contributed by atoms with E-state index in [-0.39, 0.29) is 11.1 Å². The van der Waals surface area contributed by atoms with E-state index in [9.17, 15) is 33.9 Å². The molecule has 1 heterocycles. The number of allylic oxidation sites excluding steroid dienone is 3. The van der Waals surface area contributed by atoms with E-state index in [1.807, 2.05) is 0 Å². The van der Waals surface area contributed by atoms with Gasteiger partial charge in [-0.15, -0.1) is 0 Å². The van der Waals surface area contributed by atoms with Gasteiger partial charge in [0.1, 0.15) is 18.3 Å². The predicted octanol–water partition coefficient (Wildman–Crippen LogP) is 1.79. The van der Waals surface area contributed by atoms with Crippen molar-refractivity contribution in [2.75, 3.05) is 6.61 Å². The third kappa shape index (κ3) is 8.83. The van der Waals surface area contributed by atoms with Gasteiger partial charge in [-0.05, 0) is 37.1 Å². The molecule has 0 bridgehead atoms. The molecule has 42 heavy (non-hydrogen) atoms. The van der Waals surface area contributed by atoms with Gasteiger partial charge in [0, 0.05) is 49.7 Å². The third-order valence-corrected chi connectivity index (χ3v) is 6.23. The Morgan fingerprint density at radius 2 is 1.57 bits per heavy atom. The van der Waals surface area contributed by atoms with E-state index in [1.54, 1.807) is 0 Å². The largest absolute Gasteiger partial charge is 0.463 e. The van der Waals surface area contributed by atoms with Crippen LogP contribution in [0.1, 0.15) is 68.6 Å². The van der Waals surface area contributed by atoms with Crippen molar-refractivity contribution < 1.29 is 69.1 Å².